The van der Waals surface area contributed by atoms with Gasteiger partial charge in [-0.05, 0) is 42.7 Å². The lowest BCUT2D eigenvalue weighted by molar-refractivity contribution is -0.116. The summed E-state index contributed by atoms with van der Waals surface area (Å²) >= 11 is 6.15. The normalized spacial score (nSPS) is 20.0. The Morgan fingerprint density at radius 2 is 1.55 bits per heavy atom. The molecule has 3 aromatic carbocycles. The van der Waals surface area contributed by atoms with E-state index in [4.69, 9.17) is 11.6 Å². The lowest BCUT2D eigenvalue weighted by atomic mass is 9.73. The van der Waals surface area contributed by atoms with E-state index in [-0.39, 0.29) is 17.4 Å². The molecule has 1 aliphatic carbocycles. The molecule has 0 fully saturated rings. The topological polar surface area (TPSA) is 64.4 Å². The standard InChI is InChI=1S/C28H23ClN2O2/c29-20-16-14-18(15-17-20)24-25-22(12-7-13-23(25)32)31(21-10-5-2-6-11-21)28(30)26(24)27(33)19-8-3-1-4-9-19/h1-6,8-11,14-17,24,30,33H,7,12-13H2/t24-/m1/s1. The molecule has 0 aromatic heterocycles. The minimum absolute atomic E-state index is 0.00593. The Labute approximate surface area is 198 Å². The summed E-state index contributed by atoms with van der Waals surface area (Å²) < 4.78 is 0. The van der Waals surface area contributed by atoms with Crippen molar-refractivity contribution in [1.29, 1.82) is 5.41 Å². The number of halogens is 1. The number of hydrogen-bond acceptors (Lipinski definition) is 3. The number of carbonyl (C=O) groups excluding carboxylic acids is 1. The molecule has 0 bridgehead atoms. The van der Waals surface area contributed by atoms with Crippen LogP contribution in [0.1, 0.15) is 36.3 Å². The summed E-state index contributed by atoms with van der Waals surface area (Å²) in [6, 6.07) is 26.1. The van der Waals surface area contributed by atoms with Gasteiger partial charge in [0.15, 0.2) is 5.78 Å². The maximum absolute atomic E-state index is 13.4. The highest BCUT2D eigenvalue weighted by molar-refractivity contribution is 6.30. The molecule has 0 unspecified atom stereocenters. The summed E-state index contributed by atoms with van der Waals surface area (Å²) in [5, 5.41) is 21.4. The Balaban J connectivity index is 1.83. The number of nitrogens with one attached hydrogen (secondary N) is 1. The third-order valence-corrected chi connectivity index (χ3v) is 6.53. The van der Waals surface area contributed by atoms with Crippen molar-refractivity contribution in [2.45, 2.75) is 25.2 Å². The first-order chi connectivity index (χ1) is 16.1. The predicted molar refractivity (Wildman–Crippen MR) is 133 cm³/mol. The predicted octanol–water partition coefficient (Wildman–Crippen LogP) is 6.90. The molecule has 5 rings (SSSR count). The second-order valence-corrected chi connectivity index (χ2v) is 8.71. The fourth-order valence-corrected chi connectivity index (χ4v) is 4.92. The van der Waals surface area contributed by atoms with Crippen LogP contribution in [-0.4, -0.2) is 16.7 Å². The zero-order chi connectivity index (χ0) is 22.9. The molecule has 164 valence electrons. The minimum Gasteiger partial charge on any atom is -0.507 e. The van der Waals surface area contributed by atoms with Gasteiger partial charge >= 0.3 is 0 Å². The van der Waals surface area contributed by atoms with Crippen molar-refractivity contribution >= 4 is 34.7 Å². The quantitative estimate of drug-likeness (QED) is 0.423. The Morgan fingerprint density at radius 3 is 2.21 bits per heavy atom. The number of para-hydroxylation sites is 1. The molecule has 1 aliphatic heterocycles. The first-order valence-electron chi connectivity index (χ1n) is 11.0. The van der Waals surface area contributed by atoms with Gasteiger partial charge in [-0.1, -0.05) is 72.3 Å². The van der Waals surface area contributed by atoms with Crippen molar-refractivity contribution in [3.8, 4) is 0 Å². The number of anilines is 1. The lowest BCUT2D eigenvalue weighted by Crippen LogP contribution is -2.42. The Hall–Kier alpha value is -3.63. The van der Waals surface area contributed by atoms with Crippen molar-refractivity contribution in [3.05, 3.63) is 118 Å². The van der Waals surface area contributed by atoms with E-state index < -0.39 is 5.92 Å². The van der Waals surface area contributed by atoms with Crippen LogP contribution in [0, 0.1) is 5.41 Å². The zero-order valence-corrected chi connectivity index (χ0v) is 18.7. The summed E-state index contributed by atoms with van der Waals surface area (Å²) in [7, 11) is 0. The van der Waals surface area contributed by atoms with Gasteiger partial charge in [0.05, 0.1) is 0 Å². The highest BCUT2D eigenvalue weighted by Crippen LogP contribution is 2.47. The van der Waals surface area contributed by atoms with E-state index in [1.165, 1.54) is 0 Å². The van der Waals surface area contributed by atoms with Gasteiger partial charge in [0.2, 0.25) is 0 Å². The first-order valence-corrected chi connectivity index (χ1v) is 11.4. The Morgan fingerprint density at radius 1 is 0.909 bits per heavy atom. The molecule has 0 spiro atoms. The largest absolute Gasteiger partial charge is 0.507 e. The van der Waals surface area contributed by atoms with Crippen molar-refractivity contribution in [2.24, 2.45) is 0 Å². The smallest absolute Gasteiger partial charge is 0.161 e. The number of ketones is 1. The second-order valence-electron chi connectivity index (χ2n) is 8.27. The highest BCUT2D eigenvalue weighted by atomic mass is 35.5. The van der Waals surface area contributed by atoms with Gasteiger partial charge in [-0.2, -0.15) is 0 Å². The van der Waals surface area contributed by atoms with Gasteiger partial charge in [0.25, 0.3) is 0 Å². The molecular formula is C28H23ClN2O2. The molecule has 2 aliphatic rings. The van der Waals surface area contributed by atoms with Crippen LogP contribution in [0.25, 0.3) is 5.76 Å². The van der Waals surface area contributed by atoms with Crippen LogP contribution in [0.15, 0.2) is 102 Å². The molecule has 0 amide bonds. The molecule has 2 N–H and O–H groups in total. The fourth-order valence-electron chi connectivity index (χ4n) is 4.79. The van der Waals surface area contributed by atoms with E-state index in [2.05, 4.69) is 0 Å². The van der Waals surface area contributed by atoms with Crippen molar-refractivity contribution < 1.29 is 9.90 Å². The molecule has 1 atom stereocenters. The van der Waals surface area contributed by atoms with Gasteiger partial charge in [-0.3, -0.25) is 15.1 Å². The monoisotopic (exact) mass is 454 g/mol. The third kappa shape index (κ3) is 3.77. The summed E-state index contributed by atoms with van der Waals surface area (Å²) in [5.41, 5.74) is 4.15. The van der Waals surface area contributed by atoms with Gasteiger partial charge in [-0.15, -0.1) is 0 Å². The van der Waals surface area contributed by atoms with E-state index in [9.17, 15) is 15.3 Å². The van der Waals surface area contributed by atoms with Gasteiger partial charge in [0, 0.05) is 45.5 Å². The minimum atomic E-state index is -0.544. The van der Waals surface area contributed by atoms with Crippen LogP contribution in [0.5, 0.6) is 0 Å². The summed E-state index contributed by atoms with van der Waals surface area (Å²) in [6.45, 7) is 0. The zero-order valence-electron chi connectivity index (χ0n) is 18.0. The van der Waals surface area contributed by atoms with Crippen molar-refractivity contribution in [3.63, 3.8) is 0 Å². The number of Topliss-reactive ketones (excluding diaryl/α,β-unsaturated/α-hetero) is 1. The molecule has 33 heavy (non-hydrogen) atoms. The molecule has 4 nitrogen and oxygen atoms in total. The molecule has 0 radical (unpaired) electrons. The van der Waals surface area contributed by atoms with E-state index in [0.717, 1.165) is 23.4 Å². The highest BCUT2D eigenvalue weighted by Gasteiger charge is 2.43. The van der Waals surface area contributed by atoms with Crippen molar-refractivity contribution in [1.82, 2.24) is 0 Å². The maximum Gasteiger partial charge on any atom is 0.161 e. The molecule has 0 saturated carbocycles. The van der Waals surface area contributed by atoms with Crippen LogP contribution in [-0.2, 0) is 4.79 Å². The second kappa shape index (κ2) is 8.72. The number of carbonyl (C=O) groups is 1. The Bertz CT molecular complexity index is 1280. The van der Waals surface area contributed by atoms with Crippen LogP contribution < -0.4 is 4.90 Å². The summed E-state index contributed by atoms with van der Waals surface area (Å²) in [5.74, 6) is -0.303. The Kier molecular flexibility index (Phi) is 5.61. The van der Waals surface area contributed by atoms with Crippen molar-refractivity contribution in [2.75, 3.05) is 4.90 Å². The summed E-state index contributed by atoms with van der Waals surface area (Å²) in [4.78, 5) is 15.2. The van der Waals surface area contributed by atoms with Gasteiger partial charge < -0.3 is 5.11 Å². The number of benzene rings is 3. The molecule has 1 heterocycles. The molecular weight excluding hydrogens is 432 g/mol. The first kappa shape index (κ1) is 21.2. The van der Waals surface area contributed by atoms with E-state index in [0.29, 0.717) is 34.6 Å². The van der Waals surface area contributed by atoms with Gasteiger partial charge in [0.1, 0.15) is 11.6 Å². The van der Waals surface area contributed by atoms with E-state index in [1.807, 2.05) is 77.7 Å². The molecule has 5 heteroatoms. The average molecular weight is 455 g/mol. The fraction of sp³-hybridized carbons (Fsp3) is 0.143. The number of allylic oxidation sites excluding steroid dienone is 2. The van der Waals surface area contributed by atoms with Crippen LogP contribution in [0.4, 0.5) is 5.69 Å². The van der Waals surface area contributed by atoms with Crippen LogP contribution in [0.3, 0.4) is 0 Å². The number of hydrogen-bond donors (Lipinski definition) is 2. The van der Waals surface area contributed by atoms with E-state index >= 15 is 0 Å². The number of aliphatic hydroxyl groups is 1. The van der Waals surface area contributed by atoms with Gasteiger partial charge in [-0.25, -0.2) is 0 Å². The maximum atomic E-state index is 13.4. The number of rotatable bonds is 3. The average Bonchev–Trinajstić information content (AvgIpc) is 2.85. The number of nitrogens with zero attached hydrogens (tertiary/aromatic N) is 1. The van der Waals surface area contributed by atoms with E-state index in [1.54, 1.807) is 12.1 Å². The third-order valence-electron chi connectivity index (χ3n) is 6.27. The van der Waals surface area contributed by atoms with Crippen LogP contribution >= 0.6 is 11.6 Å². The molecule has 3 aromatic rings. The number of amidine groups is 1. The molecule has 0 saturated heterocycles. The SMILES string of the molecule is N=C1C(=C(O)c2ccccc2)[C@H](c2ccc(Cl)cc2)C2=C(CCCC2=O)N1c1ccccc1. The lowest BCUT2D eigenvalue weighted by Gasteiger charge is -2.41. The summed E-state index contributed by atoms with van der Waals surface area (Å²) in [6.07, 6.45) is 1.89. The van der Waals surface area contributed by atoms with Crippen LogP contribution in [0.2, 0.25) is 5.02 Å². The number of aliphatic hydroxyl groups excluding tert-OH is 1.